The fraction of sp³-hybridized carbons (Fsp3) is 0.286. The van der Waals surface area contributed by atoms with Gasteiger partial charge in [0.15, 0.2) is 0 Å². The first kappa shape index (κ1) is 18.5. The summed E-state index contributed by atoms with van der Waals surface area (Å²) in [5.41, 5.74) is 1.66. The molecule has 7 heteroatoms. The Bertz CT molecular complexity index is 918. The van der Waals surface area contributed by atoms with Crippen LogP contribution in [-0.4, -0.2) is 59.7 Å². The zero-order chi connectivity index (χ0) is 19.8. The van der Waals surface area contributed by atoms with Crippen molar-refractivity contribution in [3.05, 3.63) is 64.7 Å². The molecule has 0 saturated carbocycles. The second kappa shape index (κ2) is 7.28. The van der Waals surface area contributed by atoms with Gasteiger partial charge in [0, 0.05) is 26.2 Å². The Balaban J connectivity index is 1.44. The molecule has 2 aliphatic heterocycles. The van der Waals surface area contributed by atoms with Crippen molar-refractivity contribution in [3.8, 4) is 0 Å². The third kappa shape index (κ3) is 3.03. The Labute approximate surface area is 168 Å². The Hall–Kier alpha value is -2.86. The molecule has 0 bridgehead atoms. The lowest BCUT2D eigenvalue weighted by Gasteiger charge is -2.38. The molecule has 2 aromatic rings. The van der Waals surface area contributed by atoms with Crippen LogP contribution < -0.4 is 4.90 Å². The van der Waals surface area contributed by atoms with E-state index >= 15 is 0 Å². The molecule has 0 unspecified atom stereocenters. The minimum atomic E-state index is -0.834. The topological polar surface area (TPSA) is 60.9 Å². The van der Waals surface area contributed by atoms with Crippen molar-refractivity contribution in [1.82, 2.24) is 9.80 Å². The van der Waals surface area contributed by atoms with E-state index < -0.39 is 17.9 Å². The smallest absolute Gasteiger partial charge is 0.262 e. The van der Waals surface area contributed by atoms with Crippen LogP contribution in [0.2, 0.25) is 5.02 Å². The molecule has 2 aliphatic rings. The predicted octanol–water partition coefficient (Wildman–Crippen LogP) is 2.67. The summed E-state index contributed by atoms with van der Waals surface area (Å²) in [6.07, 6.45) is 0. The van der Waals surface area contributed by atoms with Crippen molar-refractivity contribution in [2.75, 3.05) is 31.1 Å². The van der Waals surface area contributed by atoms with Crippen LogP contribution in [0.15, 0.2) is 48.5 Å². The first-order chi connectivity index (χ1) is 13.5. The fourth-order valence-electron chi connectivity index (χ4n) is 3.81. The highest BCUT2D eigenvalue weighted by atomic mass is 35.5. The van der Waals surface area contributed by atoms with E-state index in [9.17, 15) is 14.4 Å². The Morgan fingerprint density at radius 3 is 2.00 bits per heavy atom. The standard InChI is InChI=1S/C21H20ClN3O3/c1-14(25-20(27)15-6-2-3-7-16(15)21(25)28)19(26)24-12-10-23(11-13-24)18-9-5-4-8-17(18)22/h2-9,14H,10-13H2,1H3/t14-/m1/s1. The van der Waals surface area contributed by atoms with Gasteiger partial charge in [0.05, 0.1) is 21.8 Å². The molecular weight excluding hydrogens is 378 g/mol. The van der Waals surface area contributed by atoms with Gasteiger partial charge in [-0.3, -0.25) is 19.3 Å². The lowest BCUT2D eigenvalue weighted by molar-refractivity contribution is -0.135. The Morgan fingerprint density at radius 1 is 0.893 bits per heavy atom. The maximum absolute atomic E-state index is 13.0. The number of carbonyl (C=O) groups excluding carboxylic acids is 3. The van der Waals surface area contributed by atoms with Crippen molar-refractivity contribution in [2.24, 2.45) is 0 Å². The van der Waals surface area contributed by atoms with Gasteiger partial charge in [-0.1, -0.05) is 35.9 Å². The average molecular weight is 398 g/mol. The summed E-state index contributed by atoms with van der Waals surface area (Å²) in [5, 5.41) is 0.682. The number of halogens is 1. The monoisotopic (exact) mass is 397 g/mol. The lowest BCUT2D eigenvalue weighted by Crippen LogP contribution is -2.55. The van der Waals surface area contributed by atoms with Gasteiger partial charge in [-0.15, -0.1) is 0 Å². The molecule has 1 atom stereocenters. The molecule has 144 valence electrons. The summed E-state index contributed by atoms with van der Waals surface area (Å²) in [4.78, 5) is 43.1. The number of para-hydroxylation sites is 1. The number of fused-ring (bicyclic) bond motifs is 1. The Morgan fingerprint density at radius 2 is 1.43 bits per heavy atom. The fourth-order valence-corrected chi connectivity index (χ4v) is 4.07. The van der Waals surface area contributed by atoms with Crippen LogP contribution in [0.4, 0.5) is 5.69 Å². The minimum absolute atomic E-state index is 0.215. The van der Waals surface area contributed by atoms with Crippen LogP contribution in [-0.2, 0) is 4.79 Å². The highest BCUT2D eigenvalue weighted by Crippen LogP contribution is 2.27. The molecule has 0 spiro atoms. The van der Waals surface area contributed by atoms with Gasteiger partial charge in [-0.25, -0.2) is 0 Å². The van der Waals surface area contributed by atoms with Gasteiger partial charge in [-0.2, -0.15) is 0 Å². The summed E-state index contributed by atoms with van der Waals surface area (Å²) in [6, 6.07) is 13.5. The molecule has 3 amide bonds. The number of hydrogen-bond donors (Lipinski definition) is 0. The van der Waals surface area contributed by atoms with Crippen molar-refractivity contribution >= 4 is 35.0 Å². The zero-order valence-corrected chi connectivity index (χ0v) is 16.2. The SMILES string of the molecule is C[C@H](C(=O)N1CCN(c2ccccc2Cl)CC1)N1C(=O)c2ccccc2C1=O. The number of hydrogen-bond acceptors (Lipinski definition) is 4. The summed E-state index contributed by atoms with van der Waals surface area (Å²) in [7, 11) is 0. The molecule has 2 aromatic carbocycles. The molecule has 4 rings (SSSR count). The van der Waals surface area contributed by atoms with Crippen molar-refractivity contribution in [1.29, 1.82) is 0 Å². The van der Waals surface area contributed by atoms with Gasteiger partial charge < -0.3 is 9.80 Å². The number of piperazine rings is 1. The first-order valence-electron chi connectivity index (χ1n) is 9.24. The van der Waals surface area contributed by atoms with E-state index in [4.69, 9.17) is 11.6 Å². The highest BCUT2D eigenvalue weighted by Gasteiger charge is 2.42. The number of imide groups is 1. The van der Waals surface area contributed by atoms with E-state index in [1.54, 1.807) is 36.1 Å². The van der Waals surface area contributed by atoms with Crippen LogP contribution in [0.3, 0.4) is 0 Å². The molecular formula is C21H20ClN3O3. The average Bonchev–Trinajstić information content (AvgIpc) is 2.98. The largest absolute Gasteiger partial charge is 0.367 e. The molecule has 6 nitrogen and oxygen atoms in total. The van der Waals surface area contributed by atoms with E-state index in [2.05, 4.69) is 4.90 Å². The van der Waals surface area contributed by atoms with Crippen LogP contribution in [0.5, 0.6) is 0 Å². The van der Waals surface area contributed by atoms with Gasteiger partial charge >= 0.3 is 0 Å². The number of carbonyl (C=O) groups is 3. The van der Waals surface area contributed by atoms with E-state index in [-0.39, 0.29) is 5.91 Å². The van der Waals surface area contributed by atoms with E-state index in [1.807, 2.05) is 24.3 Å². The predicted molar refractivity (Wildman–Crippen MR) is 107 cm³/mol. The third-order valence-corrected chi connectivity index (χ3v) is 5.67. The normalized spacial score (nSPS) is 17.7. The second-order valence-corrected chi connectivity index (χ2v) is 7.37. The van der Waals surface area contributed by atoms with Crippen LogP contribution >= 0.6 is 11.6 Å². The number of anilines is 1. The Kier molecular flexibility index (Phi) is 4.81. The highest BCUT2D eigenvalue weighted by molar-refractivity contribution is 6.33. The zero-order valence-electron chi connectivity index (χ0n) is 15.5. The van der Waals surface area contributed by atoms with Crippen LogP contribution in [0.1, 0.15) is 27.6 Å². The lowest BCUT2D eigenvalue weighted by atomic mass is 10.1. The van der Waals surface area contributed by atoms with Crippen molar-refractivity contribution in [3.63, 3.8) is 0 Å². The van der Waals surface area contributed by atoms with E-state index in [1.165, 1.54) is 0 Å². The number of rotatable bonds is 3. The molecule has 0 aliphatic carbocycles. The number of nitrogens with zero attached hydrogens (tertiary/aromatic N) is 3. The van der Waals surface area contributed by atoms with Crippen LogP contribution in [0.25, 0.3) is 0 Å². The maximum Gasteiger partial charge on any atom is 0.262 e. The van der Waals surface area contributed by atoms with Gasteiger partial charge in [0.2, 0.25) is 5.91 Å². The summed E-state index contributed by atoms with van der Waals surface area (Å²) in [6.45, 7) is 3.92. The van der Waals surface area contributed by atoms with Gasteiger partial charge in [0.1, 0.15) is 6.04 Å². The van der Waals surface area contributed by atoms with Crippen LogP contribution in [0, 0.1) is 0 Å². The number of amides is 3. The summed E-state index contributed by atoms with van der Waals surface area (Å²) < 4.78 is 0. The maximum atomic E-state index is 13.0. The van der Waals surface area contributed by atoms with Gasteiger partial charge in [0.25, 0.3) is 11.8 Å². The number of benzene rings is 2. The quantitative estimate of drug-likeness (QED) is 0.747. The molecule has 0 radical (unpaired) electrons. The van der Waals surface area contributed by atoms with Crippen molar-refractivity contribution < 1.29 is 14.4 Å². The van der Waals surface area contributed by atoms with E-state index in [0.29, 0.717) is 42.3 Å². The molecule has 1 saturated heterocycles. The molecule has 0 N–H and O–H groups in total. The molecule has 0 aromatic heterocycles. The molecule has 28 heavy (non-hydrogen) atoms. The van der Waals surface area contributed by atoms with E-state index in [0.717, 1.165) is 10.6 Å². The summed E-state index contributed by atoms with van der Waals surface area (Å²) >= 11 is 6.27. The second-order valence-electron chi connectivity index (χ2n) is 6.97. The molecule has 2 heterocycles. The molecule has 1 fully saturated rings. The van der Waals surface area contributed by atoms with Crippen molar-refractivity contribution in [2.45, 2.75) is 13.0 Å². The minimum Gasteiger partial charge on any atom is -0.367 e. The summed E-state index contributed by atoms with van der Waals surface area (Å²) in [5.74, 6) is -1.03. The van der Waals surface area contributed by atoms with Gasteiger partial charge in [-0.05, 0) is 31.2 Å². The first-order valence-corrected chi connectivity index (χ1v) is 9.62. The third-order valence-electron chi connectivity index (χ3n) is 5.35.